The summed E-state index contributed by atoms with van der Waals surface area (Å²) in [4.78, 5) is 38.7. The molecule has 7 heteroatoms. The lowest BCUT2D eigenvalue weighted by molar-refractivity contribution is 0.0988. The van der Waals surface area contributed by atoms with Gasteiger partial charge in [-0.3, -0.25) is 9.59 Å². The van der Waals surface area contributed by atoms with Crippen LogP contribution in [0.4, 0.5) is 5.69 Å². The highest BCUT2D eigenvalue weighted by Gasteiger charge is 2.25. The van der Waals surface area contributed by atoms with Crippen LogP contribution < -0.4 is 10.5 Å². The summed E-state index contributed by atoms with van der Waals surface area (Å²) in [5.74, 6) is 0.455. The number of rotatable bonds is 6. The predicted molar refractivity (Wildman–Crippen MR) is 126 cm³/mol. The molecule has 0 fully saturated rings. The van der Waals surface area contributed by atoms with Gasteiger partial charge in [0.25, 0.3) is 11.5 Å². The van der Waals surface area contributed by atoms with Gasteiger partial charge in [0, 0.05) is 5.69 Å². The molecule has 4 rings (SSSR count). The molecule has 158 valence electrons. The van der Waals surface area contributed by atoms with Crippen molar-refractivity contribution < 1.29 is 4.79 Å². The van der Waals surface area contributed by atoms with Crippen LogP contribution >= 0.6 is 11.3 Å². The standard InChI is InChI=1S/C24H24N4O2S/c1-16-20-22(29)25-19(15-27(2)3)26-23(20)31-21(16)24(30)28(18-12-8-5-9-13-18)14-17-10-6-4-7-11-17/h4-13H,14-15H2,1-3H3,(H,25,26,29). The molecule has 2 aromatic heterocycles. The average Bonchev–Trinajstić information content (AvgIpc) is 3.09. The largest absolute Gasteiger partial charge is 0.309 e. The van der Waals surface area contributed by atoms with E-state index >= 15 is 0 Å². The molecule has 0 aliphatic heterocycles. The fourth-order valence-electron chi connectivity index (χ4n) is 3.54. The van der Waals surface area contributed by atoms with Crippen molar-refractivity contribution in [3.05, 3.63) is 92.8 Å². The molecule has 0 saturated carbocycles. The molecule has 31 heavy (non-hydrogen) atoms. The Hall–Kier alpha value is -3.29. The van der Waals surface area contributed by atoms with Crippen LogP contribution in [0.1, 0.15) is 26.6 Å². The molecule has 0 unspecified atom stereocenters. The number of fused-ring (bicyclic) bond motifs is 1. The second-order valence-corrected chi connectivity index (χ2v) is 8.70. The minimum Gasteiger partial charge on any atom is -0.309 e. The van der Waals surface area contributed by atoms with Crippen LogP contribution in [0.15, 0.2) is 65.5 Å². The molecule has 2 aromatic carbocycles. The molecule has 0 atom stereocenters. The lowest BCUT2D eigenvalue weighted by Crippen LogP contribution is -2.30. The highest BCUT2D eigenvalue weighted by atomic mass is 32.1. The smallest absolute Gasteiger partial charge is 0.269 e. The van der Waals surface area contributed by atoms with Crippen molar-refractivity contribution in [2.24, 2.45) is 0 Å². The Kier molecular flexibility index (Phi) is 5.97. The molecule has 2 heterocycles. The van der Waals surface area contributed by atoms with Crippen molar-refractivity contribution in [1.82, 2.24) is 14.9 Å². The number of nitrogens with zero attached hydrogens (tertiary/aromatic N) is 3. The SMILES string of the molecule is Cc1c(C(=O)N(Cc2ccccc2)c2ccccc2)sc2nc(CN(C)C)[nH]c(=O)c12. The molecule has 0 aliphatic carbocycles. The first-order valence-electron chi connectivity index (χ1n) is 10.0. The third-order valence-electron chi connectivity index (χ3n) is 5.01. The molecule has 0 saturated heterocycles. The summed E-state index contributed by atoms with van der Waals surface area (Å²) < 4.78 is 0. The third kappa shape index (κ3) is 4.42. The second kappa shape index (κ2) is 8.83. The average molecular weight is 433 g/mol. The van der Waals surface area contributed by atoms with Gasteiger partial charge in [-0.25, -0.2) is 4.98 Å². The Labute approximate surface area is 184 Å². The lowest BCUT2D eigenvalue weighted by atomic mass is 10.1. The number of thiophene rings is 1. The molecule has 1 amide bonds. The maximum absolute atomic E-state index is 13.7. The normalized spacial score (nSPS) is 11.2. The van der Waals surface area contributed by atoms with Gasteiger partial charge in [-0.1, -0.05) is 48.5 Å². The first-order valence-corrected chi connectivity index (χ1v) is 10.8. The van der Waals surface area contributed by atoms with E-state index in [1.54, 1.807) is 4.90 Å². The van der Waals surface area contributed by atoms with Crippen LogP contribution in [0.2, 0.25) is 0 Å². The number of anilines is 1. The molecule has 0 aliphatic rings. The monoisotopic (exact) mass is 432 g/mol. The predicted octanol–water partition coefficient (Wildman–Crippen LogP) is 4.20. The fourth-order valence-corrected chi connectivity index (χ4v) is 4.69. The fraction of sp³-hybridized carbons (Fsp3) is 0.208. The summed E-state index contributed by atoms with van der Waals surface area (Å²) in [6.45, 7) is 2.78. The Bertz CT molecular complexity index is 1260. The van der Waals surface area contributed by atoms with Crippen LogP contribution in [0, 0.1) is 6.92 Å². The number of hydrogen-bond acceptors (Lipinski definition) is 5. The molecule has 0 radical (unpaired) electrons. The van der Waals surface area contributed by atoms with Gasteiger partial charge in [-0.05, 0) is 44.3 Å². The number of benzene rings is 2. The number of carbonyl (C=O) groups excluding carboxylic acids is 1. The maximum atomic E-state index is 13.7. The number of aromatic nitrogens is 2. The third-order valence-corrected chi connectivity index (χ3v) is 6.18. The Morgan fingerprint density at radius 1 is 1.00 bits per heavy atom. The molecular weight excluding hydrogens is 408 g/mol. The Morgan fingerprint density at radius 2 is 1.65 bits per heavy atom. The molecule has 0 spiro atoms. The van der Waals surface area contributed by atoms with Gasteiger partial charge in [0.2, 0.25) is 0 Å². The van der Waals surface area contributed by atoms with E-state index in [2.05, 4.69) is 9.97 Å². The van der Waals surface area contributed by atoms with Crippen LogP contribution in [-0.2, 0) is 13.1 Å². The minimum atomic E-state index is -0.205. The maximum Gasteiger partial charge on any atom is 0.269 e. The van der Waals surface area contributed by atoms with E-state index in [0.29, 0.717) is 39.6 Å². The quantitative estimate of drug-likeness (QED) is 0.496. The number of aromatic amines is 1. The van der Waals surface area contributed by atoms with E-state index in [9.17, 15) is 9.59 Å². The van der Waals surface area contributed by atoms with Crippen molar-refractivity contribution in [2.75, 3.05) is 19.0 Å². The van der Waals surface area contributed by atoms with E-state index in [4.69, 9.17) is 0 Å². The number of H-pyrrole nitrogens is 1. The van der Waals surface area contributed by atoms with Gasteiger partial charge >= 0.3 is 0 Å². The zero-order valence-electron chi connectivity index (χ0n) is 17.8. The highest BCUT2D eigenvalue weighted by molar-refractivity contribution is 7.20. The van der Waals surface area contributed by atoms with Crippen molar-refractivity contribution in [2.45, 2.75) is 20.0 Å². The number of carbonyl (C=O) groups is 1. The molecule has 6 nitrogen and oxygen atoms in total. The Balaban J connectivity index is 1.78. The number of para-hydroxylation sites is 1. The van der Waals surface area contributed by atoms with Crippen LogP contribution in [0.25, 0.3) is 10.2 Å². The first-order chi connectivity index (χ1) is 14.9. The van der Waals surface area contributed by atoms with Crippen LogP contribution in [-0.4, -0.2) is 34.9 Å². The van der Waals surface area contributed by atoms with Gasteiger partial charge in [0.15, 0.2) is 0 Å². The first kappa shape index (κ1) is 21.0. The van der Waals surface area contributed by atoms with Crippen molar-refractivity contribution >= 4 is 33.1 Å². The molecule has 4 aromatic rings. The summed E-state index contributed by atoms with van der Waals surface area (Å²) >= 11 is 1.28. The number of nitrogens with one attached hydrogen (secondary N) is 1. The second-order valence-electron chi connectivity index (χ2n) is 7.70. The van der Waals surface area contributed by atoms with Crippen LogP contribution in [0.3, 0.4) is 0 Å². The summed E-state index contributed by atoms with van der Waals surface area (Å²) in [7, 11) is 3.83. The van der Waals surface area contributed by atoms with E-state index in [-0.39, 0.29) is 11.5 Å². The summed E-state index contributed by atoms with van der Waals surface area (Å²) in [6.07, 6.45) is 0. The van der Waals surface area contributed by atoms with Crippen LogP contribution in [0.5, 0.6) is 0 Å². The highest BCUT2D eigenvalue weighted by Crippen LogP contribution is 2.30. The Morgan fingerprint density at radius 3 is 2.29 bits per heavy atom. The number of hydrogen-bond donors (Lipinski definition) is 1. The van der Waals surface area contributed by atoms with Gasteiger partial charge in [-0.15, -0.1) is 11.3 Å². The van der Waals surface area contributed by atoms with Gasteiger partial charge in [0.05, 0.1) is 23.4 Å². The van der Waals surface area contributed by atoms with E-state index in [0.717, 1.165) is 11.3 Å². The number of amides is 1. The summed E-state index contributed by atoms with van der Waals surface area (Å²) in [6, 6.07) is 19.5. The molecular formula is C24H24N4O2S. The summed E-state index contributed by atoms with van der Waals surface area (Å²) in [5.41, 5.74) is 2.30. The van der Waals surface area contributed by atoms with Crippen molar-refractivity contribution in [3.8, 4) is 0 Å². The minimum absolute atomic E-state index is 0.135. The van der Waals surface area contributed by atoms with Gasteiger partial charge in [0.1, 0.15) is 10.7 Å². The summed E-state index contributed by atoms with van der Waals surface area (Å²) in [5, 5.41) is 0.489. The van der Waals surface area contributed by atoms with Gasteiger partial charge < -0.3 is 14.8 Å². The van der Waals surface area contributed by atoms with E-state index in [1.807, 2.05) is 86.6 Å². The topological polar surface area (TPSA) is 69.3 Å². The van der Waals surface area contributed by atoms with Gasteiger partial charge in [-0.2, -0.15) is 0 Å². The van der Waals surface area contributed by atoms with E-state index < -0.39 is 0 Å². The lowest BCUT2D eigenvalue weighted by Gasteiger charge is -2.23. The zero-order valence-corrected chi connectivity index (χ0v) is 18.6. The van der Waals surface area contributed by atoms with E-state index in [1.165, 1.54) is 11.3 Å². The molecule has 1 N–H and O–H groups in total. The zero-order chi connectivity index (χ0) is 22.0. The molecule has 0 bridgehead atoms. The van der Waals surface area contributed by atoms with Crippen molar-refractivity contribution in [3.63, 3.8) is 0 Å². The number of aryl methyl sites for hydroxylation is 1. The van der Waals surface area contributed by atoms with Crippen molar-refractivity contribution in [1.29, 1.82) is 0 Å².